The quantitative estimate of drug-likeness (QED) is 0.844. The Morgan fingerprint density at radius 1 is 1.44 bits per heavy atom. The van der Waals surface area contributed by atoms with Crippen LogP contribution in [0.3, 0.4) is 0 Å². The van der Waals surface area contributed by atoms with Gasteiger partial charge in [-0.25, -0.2) is 4.79 Å². The lowest BCUT2D eigenvalue weighted by molar-refractivity contribution is 0.0287. The van der Waals surface area contributed by atoms with Crippen LogP contribution in [-0.2, 0) is 4.74 Å². The van der Waals surface area contributed by atoms with E-state index in [0.29, 0.717) is 11.7 Å². The van der Waals surface area contributed by atoms with Crippen molar-refractivity contribution in [2.24, 2.45) is 5.92 Å². The van der Waals surface area contributed by atoms with Gasteiger partial charge in [-0.2, -0.15) is 0 Å². The van der Waals surface area contributed by atoms with Crippen LogP contribution in [0.15, 0.2) is 18.2 Å². The number of phenolic OH excluding ortho intramolecular Hbond substituents is 1. The Morgan fingerprint density at radius 2 is 2.16 bits per heavy atom. The second-order valence-electron chi connectivity index (χ2n) is 8.11. The van der Waals surface area contributed by atoms with Gasteiger partial charge in [-0.3, -0.25) is 0 Å². The molecule has 2 N–H and O–H groups in total. The van der Waals surface area contributed by atoms with E-state index in [1.807, 2.05) is 44.7 Å². The number of carbonyl (C=O) groups excluding carboxylic acids is 1. The largest absolute Gasteiger partial charge is 0.508 e. The molecule has 2 atom stereocenters. The van der Waals surface area contributed by atoms with Crippen LogP contribution >= 0.6 is 0 Å². The molecule has 0 bridgehead atoms. The minimum Gasteiger partial charge on any atom is -0.508 e. The molecule has 2 rings (SSSR count). The fourth-order valence-electron chi connectivity index (χ4n) is 3.20. The summed E-state index contributed by atoms with van der Waals surface area (Å²) in [7, 11) is 0. The Morgan fingerprint density at radius 3 is 2.84 bits per heavy atom. The molecule has 0 aromatic heterocycles. The van der Waals surface area contributed by atoms with Crippen molar-refractivity contribution in [3.05, 3.63) is 29.3 Å². The molecule has 1 fully saturated rings. The minimum atomic E-state index is -0.442. The average Bonchev–Trinajstić information content (AvgIpc) is 2.97. The lowest BCUT2D eigenvalue weighted by Crippen LogP contribution is -2.35. The van der Waals surface area contributed by atoms with Gasteiger partial charge in [0.1, 0.15) is 11.4 Å². The van der Waals surface area contributed by atoms with E-state index in [1.54, 1.807) is 6.07 Å². The predicted octanol–water partition coefficient (Wildman–Crippen LogP) is 4.00. The van der Waals surface area contributed by atoms with Crippen molar-refractivity contribution in [1.29, 1.82) is 0 Å². The van der Waals surface area contributed by atoms with Crippen LogP contribution in [0.1, 0.15) is 57.7 Å². The number of benzene rings is 1. The number of hydrogen-bond donors (Lipinski definition) is 2. The Hall–Kier alpha value is -1.75. The van der Waals surface area contributed by atoms with E-state index in [0.717, 1.165) is 43.6 Å². The summed E-state index contributed by atoms with van der Waals surface area (Å²) >= 11 is 0. The van der Waals surface area contributed by atoms with Gasteiger partial charge in [0, 0.05) is 24.7 Å². The zero-order valence-corrected chi connectivity index (χ0v) is 16.1. The van der Waals surface area contributed by atoms with E-state index in [4.69, 9.17) is 4.74 Å². The van der Waals surface area contributed by atoms with E-state index in [-0.39, 0.29) is 12.1 Å². The molecular weight excluding hydrogens is 316 g/mol. The monoisotopic (exact) mass is 348 g/mol. The van der Waals surface area contributed by atoms with E-state index >= 15 is 0 Å². The first-order chi connectivity index (χ1) is 11.7. The first kappa shape index (κ1) is 19.6. The average molecular weight is 348 g/mol. The number of nitrogens with one attached hydrogen (secondary N) is 1. The molecule has 1 aliphatic rings. The molecule has 1 aromatic carbocycles. The van der Waals surface area contributed by atoms with Crippen LogP contribution in [0.4, 0.5) is 4.79 Å². The molecule has 0 saturated carbocycles. The van der Waals surface area contributed by atoms with E-state index in [2.05, 4.69) is 12.2 Å². The van der Waals surface area contributed by atoms with Crippen molar-refractivity contribution in [2.75, 3.05) is 19.6 Å². The zero-order chi connectivity index (χ0) is 18.6. The summed E-state index contributed by atoms with van der Waals surface area (Å²) in [6.07, 6.45) is 1.82. The number of hydrogen-bond acceptors (Lipinski definition) is 4. The molecule has 25 heavy (non-hydrogen) atoms. The summed E-state index contributed by atoms with van der Waals surface area (Å²) in [5, 5.41) is 13.5. The zero-order valence-electron chi connectivity index (χ0n) is 16.1. The number of nitrogens with zero attached hydrogens (tertiary/aromatic N) is 1. The third kappa shape index (κ3) is 5.92. The highest BCUT2D eigenvalue weighted by Crippen LogP contribution is 2.26. The fourth-order valence-corrected chi connectivity index (χ4v) is 3.20. The van der Waals surface area contributed by atoms with Crippen molar-refractivity contribution < 1.29 is 14.6 Å². The van der Waals surface area contributed by atoms with Crippen molar-refractivity contribution in [1.82, 2.24) is 10.2 Å². The molecule has 0 aliphatic carbocycles. The number of likely N-dealkylation sites (tertiary alicyclic amines) is 1. The maximum Gasteiger partial charge on any atom is 0.410 e. The number of phenols is 1. The summed E-state index contributed by atoms with van der Waals surface area (Å²) in [4.78, 5) is 13.9. The molecule has 5 nitrogen and oxygen atoms in total. The van der Waals surface area contributed by atoms with Crippen LogP contribution in [0.5, 0.6) is 5.75 Å². The number of rotatable bonds is 5. The number of aromatic hydroxyl groups is 1. The first-order valence-electron chi connectivity index (χ1n) is 9.16. The van der Waals surface area contributed by atoms with Crippen LogP contribution in [0.2, 0.25) is 0 Å². The fraction of sp³-hybridized carbons (Fsp3) is 0.650. The van der Waals surface area contributed by atoms with Crippen LogP contribution in [0, 0.1) is 12.8 Å². The van der Waals surface area contributed by atoms with Crippen molar-refractivity contribution in [3.8, 4) is 5.75 Å². The van der Waals surface area contributed by atoms with Crippen molar-refractivity contribution in [3.63, 3.8) is 0 Å². The Bertz CT molecular complexity index is 595. The van der Waals surface area contributed by atoms with Gasteiger partial charge in [0.2, 0.25) is 0 Å². The topological polar surface area (TPSA) is 61.8 Å². The molecule has 1 saturated heterocycles. The highest BCUT2D eigenvalue weighted by atomic mass is 16.6. The maximum atomic E-state index is 12.1. The Balaban J connectivity index is 1.75. The lowest BCUT2D eigenvalue weighted by Gasteiger charge is -2.24. The number of carbonyl (C=O) groups is 1. The number of aryl methyl sites for hydroxylation is 1. The highest BCUT2D eigenvalue weighted by Gasteiger charge is 2.29. The third-order valence-electron chi connectivity index (χ3n) is 4.59. The minimum absolute atomic E-state index is 0.100. The van der Waals surface area contributed by atoms with Crippen molar-refractivity contribution in [2.45, 2.75) is 59.1 Å². The van der Waals surface area contributed by atoms with Crippen LogP contribution in [0.25, 0.3) is 0 Å². The van der Waals surface area contributed by atoms with E-state index in [1.165, 1.54) is 0 Å². The highest BCUT2D eigenvalue weighted by molar-refractivity contribution is 5.68. The van der Waals surface area contributed by atoms with Gasteiger partial charge in [-0.15, -0.1) is 0 Å². The number of amides is 1. The van der Waals surface area contributed by atoms with Crippen molar-refractivity contribution >= 4 is 6.09 Å². The van der Waals surface area contributed by atoms with Gasteiger partial charge in [0.05, 0.1) is 0 Å². The third-order valence-corrected chi connectivity index (χ3v) is 4.59. The molecule has 1 amide bonds. The smallest absolute Gasteiger partial charge is 0.410 e. The van der Waals surface area contributed by atoms with Gasteiger partial charge < -0.3 is 20.1 Å². The summed E-state index contributed by atoms with van der Waals surface area (Å²) in [5.74, 6) is 0.834. The molecule has 1 aromatic rings. The molecular formula is C20H32N2O3. The standard InChI is InChI=1S/C20H32N2O3/c1-14-6-7-18(23)17(12-14)15(2)21-10-8-16-9-11-22(13-16)19(24)25-20(3,4)5/h6-7,12,15-16,21,23H,8-11,13H2,1-5H3. The summed E-state index contributed by atoms with van der Waals surface area (Å²) in [6, 6.07) is 5.78. The van der Waals surface area contributed by atoms with E-state index in [9.17, 15) is 9.90 Å². The normalized spacial score (nSPS) is 19.1. The Labute approximate surface area is 151 Å². The molecule has 2 unspecified atom stereocenters. The summed E-state index contributed by atoms with van der Waals surface area (Å²) in [5.41, 5.74) is 1.63. The number of ether oxygens (including phenoxy) is 1. The SMILES string of the molecule is Cc1ccc(O)c(C(C)NCCC2CCN(C(=O)OC(C)(C)C)C2)c1. The van der Waals surface area contributed by atoms with Gasteiger partial charge in [0.25, 0.3) is 0 Å². The lowest BCUT2D eigenvalue weighted by atomic mass is 10.0. The molecule has 1 heterocycles. The Kier molecular flexibility index (Phi) is 6.33. The van der Waals surface area contributed by atoms with Gasteiger partial charge >= 0.3 is 6.09 Å². The van der Waals surface area contributed by atoms with Gasteiger partial charge in [0.15, 0.2) is 0 Å². The van der Waals surface area contributed by atoms with Gasteiger partial charge in [-0.05, 0) is 66.0 Å². The second kappa shape index (κ2) is 8.09. The molecule has 1 aliphatic heterocycles. The second-order valence-corrected chi connectivity index (χ2v) is 8.11. The van der Waals surface area contributed by atoms with Crippen LogP contribution < -0.4 is 5.32 Å². The predicted molar refractivity (Wildman–Crippen MR) is 99.8 cm³/mol. The van der Waals surface area contributed by atoms with Crippen LogP contribution in [-0.4, -0.2) is 41.3 Å². The summed E-state index contributed by atoms with van der Waals surface area (Å²) in [6.45, 7) is 12.2. The first-order valence-corrected chi connectivity index (χ1v) is 9.16. The molecule has 140 valence electrons. The molecule has 0 spiro atoms. The molecule has 5 heteroatoms. The maximum absolute atomic E-state index is 12.1. The molecule has 0 radical (unpaired) electrons. The van der Waals surface area contributed by atoms with Gasteiger partial charge in [-0.1, -0.05) is 17.7 Å². The van der Waals surface area contributed by atoms with E-state index < -0.39 is 5.60 Å². The summed E-state index contributed by atoms with van der Waals surface area (Å²) < 4.78 is 5.44.